The summed E-state index contributed by atoms with van der Waals surface area (Å²) >= 11 is 0. The highest BCUT2D eigenvalue weighted by molar-refractivity contribution is 7.92. The van der Waals surface area contributed by atoms with Crippen molar-refractivity contribution in [2.75, 3.05) is 13.7 Å². The summed E-state index contributed by atoms with van der Waals surface area (Å²) in [4.78, 5) is 12.9. The zero-order valence-corrected chi connectivity index (χ0v) is 19.5. The first-order valence-electron chi connectivity index (χ1n) is 10.6. The van der Waals surface area contributed by atoms with E-state index in [2.05, 4.69) is 5.32 Å². The fraction of sp³-hybridized carbons (Fsp3) is 0.192. The Hall–Kier alpha value is -3.42. The van der Waals surface area contributed by atoms with Gasteiger partial charge in [0.1, 0.15) is 5.75 Å². The molecule has 0 aliphatic heterocycles. The fourth-order valence-electron chi connectivity index (χ4n) is 3.39. The van der Waals surface area contributed by atoms with Gasteiger partial charge in [-0.1, -0.05) is 78.9 Å². The molecule has 1 N–H and O–H groups in total. The molecule has 3 aromatic carbocycles. The van der Waals surface area contributed by atoms with Crippen molar-refractivity contribution in [2.24, 2.45) is 0 Å². The number of hydrogen-bond acceptors (Lipinski definition) is 4. The number of sulfonamides is 1. The summed E-state index contributed by atoms with van der Waals surface area (Å²) in [5, 5.41) is 4.02. The van der Waals surface area contributed by atoms with Crippen molar-refractivity contribution in [2.45, 2.75) is 19.5 Å². The first-order valence-corrected chi connectivity index (χ1v) is 12.1. The molecule has 1 amide bonds. The Morgan fingerprint density at radius 2 is 1.58 bits per heavy atom. The quantitative estimate of drug-likeness (QED) is 0.483. The van der Waals surface area contributed by atoms with Gasteiger partial charge in [-0.05, 0) is 30.2 Å². The van der Waals surface area contributed by atoms with Gasteiger partial charge < -0.3 is 10.1 Å². The fourth-order valence-corrected chi connectivity index (χ4v) is 4.51. The van der Waals surface area contributed by atoms with E-state index >= 15 is 0 Å². The zero-order valence-electron chi connectivity index (χ0n) is 18.7. The summed E-state index contributed by atoms with van der Waals surface area (Å²) in [6, 6.07) is 25.4. The molecule has 0 radical (unpaired) electrons. The van der Waals surface area contributed by atoms with Crippen LogP contribution in [0.5, 0.6) is 5.75 Å². The summed E-state index contributed by atoms with van der Waals surface area (Å²) in [6.07, 6.45) is 1.53. The van der Waals surface area contributed by atoms with Crippen LogP contribution < -0.4 is 10.1 Å². The van der Waals surface area contributed by atoms with Crippen molar-refractivity contribution in [3.8, 4) is 5.75 Å². The standard InChI is InChI=1S/C26H28N2O4S/c1-21(24-15-9-10-16-25(24)32-2)27-26(29)20-28(19-23-13-7-4-8-14-23)33(30,31)18-17-22-11-5-3-6-12-22/h3-18,21H,19-20H2,1-2H3,(H,27,29)/b18-17+. The maximum Gasteiger partial charge on any atom is 0.237 e. The molecule has 1 unspecified atom stereocenters. The predicted molar refractivity (Wildman–Crippen MR) is 131 cm³/mol. The number of para-hydroxylation sites is 1. The molecule has 172 valence electrons. The van der Waals surface area contributed by atoms with E-state index in [0.717, 1.165) is 22.1 Å². The van der Waals surface area contributed by atoms with Crippen molar-refractivity contribution < 1.29 is 17.9 Å². The molecule has 1 atom stereocenters. The number of nitrogens with one attached hydrogen (secondary N) is 1. The molecule has 0 aliphatic carbocycles. The van der Waals surface area contributed by atoms with E-state index in [1.165, 1.54) is 10.4 Å². The molecule has 0 aromatic heterocycles. The van der Waals surface area contributed by atoms with Crippen LogP contribution in [0.4, 0.5) is 0 Å². The molecule has 0 fully saturated rings. The third-order valence-electron chi connectivity index (χ3n) is 5.10. The van der Waals surface area contributed by atoms with Crippen LogP contribution in [0, 0.1) is 0 Å². The van der Waals surface area contributed by atoms with Gasteiger partial charge in [0.2, 0.25) is 15.9 Å². The van der Waals surface area contributed by atoms with E-state index < -0.39 is 15.9 Å². The van der Waals surface area contributed by atoms with Crippen molar-refractivity contribution in [3.63, 3.8) is 0 Å². The molecule has 6 nitrogen and oxygen atoms in total. The maximum absolute atomic E-state index is 13.1. The highest BCUT2D eigenvalue weighted by Gasteiger charge is 2.24. The summed E-state index contributed by atoms with van der Waals surface area (Å²) in [7, 11) is -2.29. The number of hydrogen-bond donors (Lipinski definition) is 1. The zero-order chi connectivity index (χ0) is 23.7. The second kappa shape index (κ2) is 11.4. The summed E-state index contributed by atoms with van der Waals surface area (Å²) < 4.78 is 32.8. The maximum atomic E-state index is 13.1. The number of rotatable bonds is 10. The largest absolute Gasteiger partial charge is 0.496 e. The molecule has 7 heteroatoms. The Kier molecular flexibility index (Phi) is 8.40. The molecule has 3 aromatic rings. The Morgan fingerprint density at radius 3 is 2.24 bits per heavy atom. The van der Waals surface area contributed by atoms with Crippen LogP contribution in [-0.2, 0) is 21.4 Å². The van der Waals surface area contributed by atoms with Crippen LogP contribution in [0.25, 0.3) is 6.08 Å². The number of amides is 1. The molecular weight excluding hydrogens is 436 g/mol. The Labute approximate surface area is 195 Å². The third kappa shape index (κ3) is 7.03. The van der Waals surface area contributed by atoms with Crippen LogP contribution in [-0.4, -0.2) is 32.3 Å². The van der Waals surface area contributed by atoms with E-state index in [1.807, 2.05) is 91.9 Å². The van der Waals surface area contributed by atoms with Crippen LogP contribution >= 0.6 is 0 Å². The van der Waals surface area contributed by atoms with E-state index in [0.29, 0.717) is 5.75 Å². The molecule has 0 spiro atoms. The van der Waals surface area contributed by atoms with Crippen LogP contribution in [0.15, 0.2) is 90.3 Å². The van der Waals surface area contributed by atoms with Gasteiger partial charge in [0.15, 0.2) is 0 Å². The normalized spacial score (nSPS) is 12.6. The molecule has 0 heterocycles. The lowest BCUT2D eigenvalue weighted by atomic mass is 10.1. The molecule has 3 rings (SSSR count). The summed E-state index contributed by atoms with van der Waals surface area (Å²) in [5.41, 5.74) is 2.37. The van der Waals surface area contributed by atoms with Crippen LogP contribution in [0.1, 0.15) is 29.7 Å². The molecule has 0 saturated carbocycles. The Morgan fingerprint density at radius 1 is 0.970 bits per heavy atom. The van der Waals surface area contributed by atoms with E-state index in [1.54, 1.807) is 7.11 Å². The number of ether oxygens (including phenoxy) is 1. The highest BCUT2D eigenvalue weighted by Crippen LogP contribution is 2.24. The van der Waals surface area contributed by atoms with Crippen LogP contribution in [0.2, 0.25) is 0 Å². The van der Waals surface area contributed by atoms with Gasteiger partial charge in [0.25, 0.3) is 0 Å². The Balaban J connectivity index is 1.79. The first-order chi connectivity index (χ1) is 15.9. The van der Waals surface area contributed by atoms with Gasteiger partial charge in [-0.25, -0.2) is 8.42 Å². The van der Waals surface area contributed by atoms with Gasteiger partial charge >= 0.3 is 0 Å². The lowest BCUT2D eigenvalue weighted by Crippen LogP contribution is -2.40. The SMILES string of the molecule is COc1ccccc1C(C)NC(=O)CN(Cc1ccccc1)S(=O)(=O)/C=C/c1ccccc1. The molecule has 0 saturated heterocycles. The van der Waals surface area contributed by atoms with E-state index in [4.69, 9.17) is 4.74 Å². The Bertz CT molecular complexity index is 1180. The predicted octanol–water partition coefficient (Wildman–Crippen LogP) is 4.38. The topological polar surface area (TPSA) is 75.7 Å². The smallest absolute Gasteiger partial charge is 0.237 e. The minimum atomic E-state index is -3.86. The van der Waals surface area contributed by atoms with Crippen molar-refractivity contribution in [1.82, 2.24) is 9.62 Å². The average Bonchev–Trinajstić information content (AvgIpc) is 2.83. The monoisotopic (exact) mass is 464 g/mol. The lowest BCUT2D eigenvalue weighted by Gasteiger charge is -2.22. The minimum absolute atomic E-state index is 0.0821. The summed E-state index contributed by atoms with van der Waals surface area (Å²) in [5.74, 6) is 0.255. The number of methoxy groups -OCH3 is 1. The van der Waals surface area contributed by atoms with Gasteiger partial charge in [0.05, 0.1) is 19.7 Å². The first kappa shape index (κ1) is 24.2. The van der Waals surface area contributed by atoms with Crippen molar-refractivity contribution in [3.05, 3.63) is 107 Å². The van der Waals surface area contributed by atoms with E-state index in [9.17, 15) is 13.2 Å². The number of carbonyl (C=O) groups is 1. The van der Waals surface area contributed by atoms with Gasteiger partial charge in [-0.15, -0.1) is 0 Å². The van der Waals surface area contributed by atoms with Crippen LogP contribution in [0.3, 0.4) is 0 Å². The lowest BCUT2D eigenvalue weighted by molar-refractivity contribution is -0.122. The molecule has 0 bridgehead atoms. The van der Waals surface area contributed by atoms with Gasteiger partial charge in [-0.2, -0.15) is 4.31 Å². The molecule has 0 aliphatic rings. The number of nitrogens with zero attached hydrogens (tertiary/aromatic N) is 1. The minimum Gasteiger partial charge on any atom is -0.496 e. The third-order valence-corrected chi connectivity index (χ3v) is 6.55. The average molecular weight is 465 g/mol. The number of carbonyl (C=O) groups excluding carboxylic acids is 1. The second-order valence-corrected chi connectivity index (χ2v) is 9.36. The second-order valence-electron chi connectivity index (χ2n) is 7.54. The van der Waals surface area contributed by atoms with Gasteiger partial charge in [0, 0.05) is 17.5 Å². The van der Waals surface area contributed by atoms with Crippen molar-refractivity contribution >= 4 is 22.0 Å². The van der Waals surface area contributed by atoms with Gasteiger partial charge in [-0.3, -0.25) is 4.79 Å². The highest BCUT2D eigenvalue weighted by atomic mass is 32.2. The summed E-state index contributed by atoms with van der Waals surface area (Å²) in [6.45, 7) is 1.61. The molecule has 33 heavy (non-hydrogen) atoms. The van der Waals surface area contributed by atoms with Crippen molar-refractivity contribution in [1.29, 1.82) is 0 Å². The number of benzene rings is 3. The molecular formula is C26H28N2O4S. The van der Waals surface area contributed by atoms with E-state index in [-0.39, 0.29) is 19.1 Å².